The van der Waals surface area contributed by atoms with E-state index in [0.717, 1.165) is 30.8 Å². The van der Waals surface area contributed by atoms with Crippen molar-refractivity contribution in [1.29, 1.82) is 0 Å². The Bertz CT molecular complexity index is 544. The van der Waals surface area contributed by atoms with Crippen molar-refractivity contribution >= 4 is 10.8 Å². The maximum absolute atomic E-state index is 12.3. The van der Waals surface area contributed by atoms with Gasteiger partial charge in [0.15, 0.2) is 11.5 Å². The van der Waals surface area contributed by atoms with Crippen molar-refractivity contribution in [1.82, 2.24) is 0 Å². The van der Waals surface area contributed by atoms with Crippen LogP contribution in [0.4, 0.5) is 0 Å². The summed E-state index contributed by atoms with van der Waals surface area (Å²) in [5, 5.41) is 11.2. The molecule has 0 saturated carbocycles. The summed E-state index contributed by atoms with van der Waals surface area (Å²) >= 11 is 0. The maximum Gasteiger partial charge on any atom is 0.161 e. The smallest absolute Gasteiger partial charge is 0.161 e. The Balaban J connectivity index is 1.57. The molecule has 2 aliphatic rings. The lowest BCUT2D eigenvalue weighted by Crippen LogP contribution is -2.49. The molecule has 2 bridgehead atoms. The van der Waals surface area contributed by atoms with Gasteiger partial charge in [0.05, 0.1) is 18.8 Å². The van der Waals surface area contributed by atoms with Crippen LogP contribution in [0.1, 0.15) is 45.4 Å². The Hall–Kier alpha value is -1.07. The van der Waals surface area contributed by atoms with Gasteiger partial charge in [0, 0.05) is 27.7 Å². The molecular formula is C18H26O4S. The van der Waals surface area contributed by atoms with E-state index < -0.39 is 16.4 Å². The fourth-order valence-electron chi connectivity index (χ4n) is 3.78. The molecule has 2 unspecified atom stereocenters. The third-order valence-electron chi connectivity index (χ3n) is 4.90. The van der Waals surface area contributed by atoms with E-state index in [2.05, 4.69) is 0 Å². The molecule has 4 nitrogen and oxygen atoms in total. The first-order valence-electron chi connectivity index (χ1n) is 8.58. The third kappa shape index (κ3) is 3.89. The number of hydrogen-bond acceptors (Lipinski definition) is 4. The summed E-state index contributed by atoms with van der Waals surface area (Å²) in [5.74, 6) is 1.46. The molecule has 5 heteroatoms. The summed E-state index contributed by atoms with van der Waals surface area (Å²) in [6.45, 7) is 2.99. The first kappa shape index (κ1) is 16.8. The molecule has 0 spiro atoms. The van der Waals surface area contributed by atoms with Gasteiger partial charge in [-0.15, -0.1) is 0 Å². The highest BCUT2D eigenvalue weighted by Crippen LogP contribution is 2.41. The molecule has 0 aromatic heterocycles. The van der Waals surface area contributed by atoms with E-state index in [-0.39, 0.29) is 10.5 Å². The Morgan fingerprint density at radius 3 is 2.39 bits per heavy atom. The zero-order valence-electron chi connectivity index (χ0n) is 13.7. The Morgan fingerprint density at radius 1 is 1.17 bits per heavy atom. The van der Waals surface area contributed by atoms with E-state index in [4.69, 9.17) is 9.47 Å². The van der Waals surface area contributed by atoms with Gasteiger partial charge in [-0.3, -0.25) is 4.21 Å². The van der Waals surface area contributed by atoms with Crippen LogP contribution in [0.3, 0.4) is 0 Å². The van der Waals surface area contributed by atoms with E-state index in [1.165, 1.54) is 0 Å². The standard InChI is InChI=1S/C18H26O4S/c1-2-21-16-8-3-4-9-17(16)22-11-10-18(19)12-14-6-5-7-15(13-18)23(14)20/h3-4,8-9,14-15,19H,2,5-7,10-13H2,1H3. The minimum Gasteiger partial charge on any atom is -0.490 e. The summed E-state index contributed by atoms with van der Waals surface area (Å²) in [6, 6.07) is 7.62. The predicted molar refractivity (Wildman–Crippen MR) is 91.5 cm³/mol. The zero-order valence-corrected chi connectivity index (χ0v) is 14.5. The minimum atomic E-state index is -0.751. The molecule has 1 aromatic carbocycles. The number of aliphatic hydroxyl groups is 1. The molecule has 2 atom stereocenters. The average Bonchev–Trinajstić information content (AvgIpc) is 2.51. The average molecular weight is 338 g/mol. The SMILES string of the molecule is CCOc1ccccc1OCCC1(O)CC2CCCC(C1)S2=O. The van der Waals surface area contributed by atoms with E-state index in [9.17, 15) is 9.32 Å². The van der Waals surface area contributed by atoms with Crippen LogP contribution in [0.2, 0.25) is 0 Å². The molecule has 2 heterocycles. The van der Waals surface area contributed by atoms with Crippen LogP contribution >= 0.6 is 0 Å². The van der Waals surface area contributed by atoms with Crippen molar-refractivity contribution < 1.29 is 18.8 Å². The first-order chi connectivity index (χ1) is 11.1. The van der Waals surface area contributed by atoms with Crippen LogP contribution in [0, 0.1) is 0 Å². The summed E-state index contributed by atoms with van der Waals surface area (Å²) in [7, 11) is -0.751. The molecule has 2 fully saturated rings. The molecule has 0 radical (unpaired) electrons. The highest BCUT2D eigenvalue weighted by atomic mass is 32.2. The molecule has 2 aliphatic heterocycles. The summed E-state index contributed by atoms with van der Waals surface area (Å²) in [6.07, 6.45) is 4.99. The van der Waals surface area contributed by atoms with Crippen molar-refractivity contribution in [2.45, 2.75) is 61.5 Å². The lowest BCUT2D eigenvalue weighted by atomic mass is 9.83. The predicted octanol–water partition coefficient (Wildman–Crippen LogP) is 3.05. The fourth-order valence-corrected chi connectivity index (χ4v) is 6.07. The highest BCUT2D eigenvalue weighted by Gasteiger charge is 2.45. The lowest BCUT2D eigenvalue weighted by molar-refractivity contribution is -0.00737. The number of hydrogen-bond donors (Lipinski definition) is 1. The molecule has 23 heavy (non-hydrogen) atoms. The van der Waals surface area contributed by atoms with E-state index in [1.807, 2.05) is 31.2 Å². The zero-order chi connectivity index (χ0) is 16.3. The molecular weight excluding hydrogens is 312 g/mol. The van der Waals surface area contributed by atoms with Crippen molar-refractivity contribution in [3.63, 3.8) is 0 Å². The van der Waals surface area contributed by atoms with Crippen LogP contribution in [0.15, 0.2) is 24.3 Å². The van der Waals surface area contributed by atoms with Crippen LogP contribution in [0.5, 0.6) is 11.5 Å². The van der Waals surface area contributed by atoms with Gasteiger partial charge in [0.25, 0.3) is 0 Å². The molecule has 1 N–H and O–H groups in total. The van der Waals surface area contributed by atoms with Crippen molar-refractivity contribution in [2.24, 2.45) is 0 Å². The number of benzene rings is 1. The lowest BCUT2D eigenvalue weighted by Gasteiger charge is -2.43. The van der Waals surface area contributed by atoms with Crippen molar-refractivity contribution in [3.8, 4) is 11.5 Å². The number of fused-ring (bicyclic) bond motifs is 2. The van der Waals surface area contributed by atoms with Crippen molar-refractivity contribution in [3.05, 3.63) is 24.3 Å². The maximum atomic E-state index is 12.3. The minimum absolute atomic E-state index is 0.170. The van der Waals surface area contributed by atoms with Crippen LogP contribution in [0.25, 0.3) is 0 Å². The summed E-state index contributed by atoms with van der Waals surface area (Å²) < 4.78 is 23.7. The van der Waals surface area contributed by atoms with Gasteiger partial charge in [-0.1, -0.05) is 18.6 Å². The van der Waals surface area contributed by atoms with Gasteiger partial charge in [0.2, 0.25) is 0 Å². The van der Waals surface area contributed by atoms with Crippen LogP contribution in [-0.2, 0) is 10.8 Å². The quantitative estimate of drug-likeness (QED) is 0.866. The number of rotatable bonds is 6. The van der Waals surface area contributed by atoms with E-state index in [1.54, 1.807) is 0 Å². The molecule has 1 aromatic rings. The largest absolute Gasteiger partial charge is 0.490 e. The topological polar surface area (TPSA) is 55.8 Å². The van der Waals surface area contributed by atoms with Crippen LogP contribution < -0.4 is 9.47 Å². The Morgan fingerprint density at radius 2 is 1.78 bits per heavy atom. The van der Waals surface area contributed by atoms with Gasteiger partial charge >= 0.3 is 0 Å². The van der Waals surface area contributed by atoms with Gasteiger partial charge < -0.3 is 14.6 Å². The second kappa shape index (κ2) is 7.22. The second-order valence-electron chi connectivity index (χ2n) is 6.61. The normalized spacial score (nSPS) is 33.2. The van der Waals surface area contributed by atoms with Gasteiger partial charge in [0.1, 0.15) is 0 Å². The second-order valence-corrected chi connectivity index (χ2v) is 8.60. The Labute approximate surface area is 140 Å². The summed E-state index contributed by atoms with van der Waals surface area (Å²) in [5.41, 5.74) is -0.732. The number of para-hydroxylation sites is 2. The van der Waals surface area contributed by atoms with E-state index >= 15 is 0 Å². The Kier molecular flexibility index (Phi) is 5.27. The third-order valence-corrected chi connectivity index (χ3v) is 7.02. The van der Waals surface area contributed by atoms with E-state index in [0.29, 0.717) is 32.5 Å². The molecule has 3 rings (SSSR count). The van der Waals surface area contributed by atoms with Crippen molar-refractivity contribution in [2.75, 3.05) is 13.2 Å². The first-order valence-corrected chi connectivity index (χ1v) is 9.85. The van der Waals surface area contributed by atoms with Gasteiger partial charge in [-0.2, -0.15) is 0 Å². The fraction of sp³-hybridized carbons (Fsp3) is 0.667. The number of ether oxygens (including phenoxy) is 2. The molecule has 0 aliphatic carbocycles. The van der Waals surface area contributed by atoms with Crippen LogP contribution in [-0.4, -0.2) is 38.6 Å². The highest BCUT2D eigenvalue weighted by molar-refractivity contribution is 7.86. The monoisotopic (exact) mass is 338 g/mol. The molecule has 2 saturated heterocycles. The molecule has 128 valence electrons. The van der Waals surface area contributed by atoms with Gasteiger partial charge in [-0.05, 0) is 44.7 Å². The molecule has 0 amide bonds. The van der Waals surface area contributed by atoms with Gasteiger partial charge in [-0.25, -0.2) is 0 Å². The summed E-state index contributed by atoms with van der Waals surface area (Å²) in [4.78, 5) is 0.